The summed E-state index contributed by atoms with van der Waals surface area (Å²) in [6.07, 6.45) is 1.21. The summed E-state index contributed by atoms with van der Waals surface area (Å²) in [4.78, 5) is 31.3. The van der Waals surface area contributed by atoms with Crippen LogP contribution >= 0.6 is 0 Å². The second-order valence-electron chi connectivity index (χ2n) is 3.62. The van der Waals surface area contributed by atoms with Crippen LogP contribution in [-0.4, -0.2) is 16.9 Å². The summed E-state index contributed by atoms with van der Waals surface area (Å²) in [5.74, 6) is 0.115. The molecule has 0 spiro atoms. The number of rotatable bonds is 0. The molecular weight excluding hydrogens is 240 g/mol. The van der Waals surface area contributed by atoms with Crippen molar-refractivity contribution < 1.29 is 23.8 Å². The van der Waals surface area contributed by atoms with E-state index in [1.807, 2.05) is 0 Å². The highest BCUT2D eigenvalue weighted by molar-refractivity contribution is 6.04. The maximum absolute atomic E-state index is 10.5. The molecule has 0 atom stereocenters. The predicted molar refractivity (Wildman–Crippen MR) is 60.9 cm³/mol. The van der Waals surface area contributed by atoms with Gasteiger partial charge < -0.3 is 14.3 Å². The molecule has 0 unspecified atom stereocenters. The molecule has 6 nitrogen and oxygen atoms in total. The van der Waals surface area contributed by atoms with Crippen molar-refractivity contribution in [3.05, 3.63) is 40.1 Å². The molecule has 0 saturated carbocycles. The van der Waals surface area contributed by atoms with Gasteiger partial charge in [-0.15, -0.1) is 0 Å². The number of allylic oxidation sites excluding steroid dienone is 2. The summed E-state index contributed by atoms with van der Waals surface area (Å²) in [6.45, 7) is 3.18. The van der Waals surface area contributed by atoms with E-state index in [9.17, 15) is 14.4 Å². The number of carbonyl (C=O) groups is 2. The van der Waals surface area contributed by atoms with Crippen molar-refractivity contribution in [3.8, 4) is 5.75 Å². The molecular formula is C12H12O6. The monoisotopic (exact) mass is 252 g/mol. The van der Waals surface area contributed by atoms with Crippen molar-refractivity contribution >= 4 is 11.8 Å². The number of hydrogen-bond acceptors (Lipinski definition) is 6. The van der Waals surface area contributed by atoms with Gasteiger partial charge in [-0.1, -0.05) is 0 Å². The van der Waals surface area contributed by atoms with Gasteiger partial charge in [0.25, 0.3) is 0 Å². The normalized spacial score (nSPS) is 14.2. The van der Waals surface area contributed by atoms with Crippen molar-refractivity contribution in [3.63, 3.8) is 0 Å². The second kappa shape index (κ2) is 5.81. The maximum atomic E-state index is 10.5. The van der Waals surface area contributed by atoms with Crippen LogP contribution in [0.4, 0.5) is 0 Å². The molecule has 18 heavy (non-hydrogen) atoms. The zero-order valence-electron chi connectivity index (χ0n) is 9.93. The predicted octanol–water partition coefficient (Wildman–Crippen LogP) is 1.06. The van der Waals surface area contributed by atoms with Crippen molar-refractivity contribution in [1.82, 2.24) is 0 Å². The molecule has 1 N–H and O–H groups in total. The summed E-state index contributed by atoms with van der Waals surface area (Å²) in [7, 11) is 0. The molecule has 0 amide bonds. The number of aryl methyl sites for hydroxylation is 1. The highest BCUT2D eigenvalue weighted by atomic mass is 16.5. The van der Waals surface area contributed by atoms with Crippen LogP contribution in [0.15, 0.2) is 33.2 Å². The van der Waals surface area contributed by atoms with E-state index >= 15 is 0 Å². The number of ether oxygens (including phenoxy) is 1. The molecule has 0 radical (unpaired) electrons. The Kier molecular flexibility index (Phi) is 4.42. The Hall–Kier alpha value is -2.37. The Morgan fingerprint density at radius 2 is 1.83 bits per heavy atom. The van der Waals surface area contributed by atoms with Gasteiger partial charge in [0, 0.05) is 12.1 Å². The molecule has 2 heterocycles. The van der Waals surface area contributed by atoms with Crippen LogP contribution in [0.1, 0.15) is 19.1 Å². The van der Waals surface area contributed by atoms with Crippen molar-refractivity contribution in [2.24, 2.45) is 0 Å². The highest BCUT2D eigenvalue weighted by Gasteiger charge is 2.15. The van der Waals surface area contributed by atoms with Crippen LogP contribution < -0.4 is 5.63 Å². The Bertz CT molecular complexity index is 529. The molecule has 96 valence electrons. The van der Waals surface area contributed by atoms with E-state index in [-0.39, 0.29) is 18.0 Å². The number of ketones is 1. The van der Waals surface area contributed by atoms with Crippen LogP contribution in [-0.2, 0) is 14.3 Å². The summed E-state index contributed by atoms with van der Waals surface area (Å²) >= 11 is 0. The topological polar surface area (TPSA) is 93.8 Å². The number of aromatic hydroxyl groups is 1. The lowest BCUT2D eigenvalue weighted by atomic mass is 10.2. The number of hydrogen-bond donors (Lipinski definition) is 1. The first-order valence-corrected chi connectivity index (χ1v) is 5.09. The zero-order valence-corrected chi connectivity index (χ0v) is 9.93. The average molecular weight is 252 g/mol. The zero-order chi connectivity index (χ0) is 13.7. The van der Waals surface area contributed by atoms with Crippen LogP contribution in [0.5, 0.6) is 5.75 Å². The van der Waals surface area contributed by atoms with E-state index in [2.05, 4.69) is 9.15 Å². The molecule has 0 fully saturated rings. The Balaban J connectivity index is 0.000000180. The third kappa shape index (κ3) is 4.65. The van der Waals surface area contributed by atoms with Crippen LogP contribution in [0.25, 0.3) is 0 Å². The molecule has 1 aromatic rings. The third-order valence-corrected chi connectivity index (χ3v) is 1.84. The van der Waals surface area contributed by atoms with Gasteiger partial charge in [-0.2, -0.15) is 0 Å². The van der Waals surface area contributed by atoms with Crippen molar-refractivity contribution in [2.75, 3.05) is 0 Å². The van der Waals surface area contributed by atoms with E-state index in [1.54, 1.807) is 13.8 Å². The van der Waals surface area contributed by atoms with Gasteiger partial charge in [0.1, 0.15) is 23.7 Å². The molecule has 0 bridgehead atoms. The van der Waals surface area contributed by atoms with E-state index in [0.717, 1.165) is 6.07 Å². The maximum Gasteiger partial charge on any atom is 0.339 e. The molecule has 0 aromatic carbocycles. The second-order valence-corrected chi connectivity index (χ2v) is 3.62. The first kappa shape index (κ1) is 13.7. The third-order valence-electron chi connectivity index (χ3n) is 1.84. The average Bonchev–Trinajstić information content (AvgIpc) is 2.12. The summed E-state index contributed by atoms with van der Waals surface area (Å²) in [6, 6.07) is 2.40. The van der Waals surface area contributed by atoms with E-state index in [1.165, 1.54) is 12.1 Å². The van der Waals surface area contributed by atoms with Gasteiger partial charge in [0.15, 0.2) is 5.78 Å². The Morgan fingerprint density at radius 3 is 2.28 bits per heavy atom. The minimum Gasteiger partial charge on any atom is -0.508 e. The molecule has 1 aliphatic rings. The smallest absolute Gasteiger partial charge is 0.339 e. The van der Waals surface area contributed by atoms with Crippen molar-refractivity contribution in [1.29, 1.82) is 0 Å². The molecule has 6 heteroatoms. The van der Waals surface area contributed by atoms with Gasteiger partial charge in [0.05, 0.1) is 6.07 Å². The fourth-order valence-corrected chi connectivity index (χ4v) is 1.25. The van der Waals surface area contributed by atoms with Gasteiger partial charge >= 0.3 is 11.6 Å². The van der Waals surface area contributed by atoms with Gasteiger partial charge in [-0.3, -0.25) is 9.59 Å². The van der Waals surface area contributed by atoms with E-state index < -0.39 is 11.6 Å². The first-order chi connectivity index (χ1) is 8.36. The summed E-state index contributed by atoms with van der Waals surface area (Å²) in [5, 5.41) is 8.73. The fourth-order valence-electron chi connectivity index (χ4n) is 1.25. The standard InChI is InChI=1S/2C6H6O3/c2*1-4-2-5(7)3-6(8)9-4/h2H,3H2,1H3;2-3,7H,1H3. The molecule has 1 aromatic heterocycles. The van der Waals surface area contributed by atoms with Crippen LogP contribution in [0.2, 0.25) is 0 Å². The largest absolute Gasteiger partial charge is 0.508 e. The lowest BCUT2D eigenvalue weighted by Gasteiger charge is -2.06. The quantitative estimate of drug-likeness (QED) is 0.548. The minimum absolute atomic E-state index is 0.0521. The van der Waals surface area contributed by atoms with Gasteiger partial charge in [-0.05, 0) is 13.8 Å². The minimum atomic E-state index is -0.521. The summed E-state index contributed by atoms with van der Waals surface area (Å²) in [5.41, 5.74) is -0.521. The van der Waals surface area contributed by atoms with E-state index in [0.29, 0.717) is 11.5 Å². The molecule has 2 rings (SSSR count). The highest BCUT2D eigenvalue weighted by Crippen LogP contribution is 2.06. The summed E-state index contributed by atoms with van der Waals surface area (Å²) < 4.78 is 9.10. The Morgan fingerprint density at radius 1 is 1.17 bits per heavy atom. The SMILES string of the molecule is CC1=CC(=O)CC(=O)O1.Cc1cc(O)cc(=O)o1. The van der Waals surface area contributed by atoms with Crippen LogP contribution in [0.3, 0.4) is 0 Å². The fraction of sp³-hybridized carbons (Fsp3) is 0.250. The van der Waals surface area contributed by atoms with Gasteiger partial charge in [0.2, 0.25) is 0 Å². The Labute approximate surface area is 102 Å². The number of esters is 1. The first-order valence-electron chi connectivity index (χ1n) is 5.09. The van der Waals surface area contributed by atoms with E-state index in [4.69, 9.17) is 5.11 Å². The molecule has 0 aliphatic carbocycles. The van der Waals surface area contributed by atoms with Crippen molar-refractivity contribution in [2.45, 2.75) is 20.3 Å². The molecule has 1 aliphatic heterocycles. The number of carbonyl (C=O) groups excluding carboxylic acids is 2. The lowest BCUT2D eigenvalue weighted by Crippen LogP contribution is -2.14. The number of cyclic esters (lactones) is 1. The molecule has 0 saturated heterocycles. The van der Waals surface area contributed by atoms with Gasteiger partial charge in [-0.25, -0.2) is 4.79 Å². The van der Waals surface area contributed by atoms with Crippen LogP contribution in [0, 0.1) is 6.92 Å². The lowest BCUT2D eigenvalue weighted by molar-refractivity contribution is -0.143.